The molecule has 0 bridgehead atoms. The Labute approximate surface area is 101 Å². The molecule has 1 fully saturated rings. The Balaban J connectivity index is 2.42. The highest BCUT2D eigenvalue weighted by Gasteiger charge is 2.27. The molecule has 3 nitrogen and oxygen atoms in total. The molecule has 1 aliphatic rings. The highest BCUT2D eigenvalue weighted by atomic mass is 15.2. The number of nitrogens with two attached hydrogens (primary N) is 1. The van der Waals surface area contributed by atoms with Gasteiger partial charge < -0.3 is 15.5 Å². The molecule has 0 aliphatic carbocycles. The average Bonchev–Trinajstić information content (AvgIpc) is 2.29. The van der Waals surface area contributed by atoms with Crippen molar-refractivity contribution in [1.82, 2.24) is 9.80 Å². The molecule has 1 saturated heterocycles. The van der Waals surface area contributed by atoms with Crippen LogP contribution in [0.15, 0.2) is 0 Å². The molecule has 1 heterocycles. The summed E-state index contributed by atoms with van der Waals surface area (Å²) in [6.07, 6.45) is 4.72. The molecule has 1 rings (SSSR count). The lowest BCUT2D eigenvalue weighted by Crippen LogP contribution is -2.52. The van der Waals surface area contributed by atoms with Crippen LogP contribution >= 0.6 is 0 Å². The van der Waals surface area contributed by atoms with Gasteiger partial charge in [0.15, 0.2) is 0 Å². The maximum atomic E-state index is 6.38. The average molecular weight is 227 g/mol. The predicted molar refractivity (Wildman–Crippen MR) is 70.6 cm³/mol. The third-order valence-electron chi connectivity index (χ3n) is 4.28. The third-order valence-corrected chi connectivity index (χ3v) is 4.28. The van der Waals surface area contributed by atoms with Crippen LogP contribution in [0.4, 0.5) is 0 Å². The predicted octanol–water partition coefficient (Wildman–Crippen LogP) is 1.53. The molecule has 0 aromatic heterocycles. The number of likely N-dealkylation sites (tertiary alicyclic amines) is 1. The minimum atomic E-state index is 0.0120. The van der Waals surface area contributed by atoms with E-state index in [4.69, 9.17) is 5.73 Å². The van der Waals surface area contributed by atoms with Crippen molar-refractivity contribution in [3.8, 4) is 0 Å². The lowest BCUT2D eigenvalue weighted by atomic mass is 9.92. The van der Waals surface area contributed by atoms with E-state index in [9.17, 15) is 0 Å². The molecule has 0 aromatic carbocycles. The van der Waals surface area contributed by atoms with E-state index in [1.807, 2.05) is 0 Å². The Bertz CT molecular complexity index is 193. The highest BCUT2D eigenvalue weighted by Crippen LogP contribution is 2.19. The maximum absolute atomic E-state index is 6.38. The Morgan fingerprint density at radius 2 is 1.75 bits per heavy atom. The van der Waals surface area contributed by atoms with Crippen LogP contribution in [0.2, 0.25) is 0 Å². The Kier molecular flexibility index (Phi) is 5.22. The summed E-state index contributed by atoms with van der Waals surface area (Å²) in [6, 6.07) is 0.734. The van der Waals surface area contributed by atoms with Gasteiger partial charge in [0.25, 0.3) is 0 Å². The van der Waals surface area contributed by atoms with E-state index < -0.39 is 0 Å². The van der Waals surface area contributed by atoms with E-state index in [2.05, 4.69) is 37.7 Å². The van der Waals surface area contributed by atoms with E-state index >= 15 is 0 Å². The van der Waals surface area contributed by atoms with Gasteiger partial charge in [0, 0.05) is 18.1 Å². The van der Waals surface area contributed by atoms with Gasteiger partial charge in [-0.3, -0.25) is 0 Å². The van der Waals surface area contributed by atoms with E-state index in [1.54, 1.807) is 0 Å². The van der Waals surface area contributed by atoms with Crippen molar-refractivity contribution in [2.45, 2.75) is 51.1 Å². The summed E-state index contributed by atoms with van der Waals surface area (Å²) in [6.45, 7) is 7.89. The standard InChI is InChI=1S/C13H29N3/c1-5-13(14,6-2)11-16(4)12-7-9-15(3)10-8-12/h12H,5-11,14H2,1-4H3. The first-order valence-electron chi connectivity index (χ1n) is 6.68. The van der Waals surface area contributed by atoms with Gasteiger partial charge in [-0.25, -0.2) is 0 Å². The van der Waals surface area contributed by atoms with Crippen LogP contribution in [-0.4, -0.2) is 55.1 Å². The van der Waals surface area contributed by atoms with Crippen LogP contribution in [0.5, 0.6) is 0 Å². The van der Waals surface area contributed by atoms with Crippen molar-refractivity contribution >= 4 is 0 Å². The molecule has 0 atom stereocenters. The van der Waals surface area contributed by atoms with Crippen molar-refractivity contribution in [2.24, 2.45) is 5.73 Å². The van der Waals surface area contributed by atoms with Crippen LogP contribution in [-0.2, 0) is 0 Å². The number of hydrogen-bond donors (Lipinski definition) is 1. The van der Waals surface area contributed by atoms with E-state index in [0.29, 0.717) is 0 Å². The van der Waals surface area contributed by atoms with Crippen molar-refractivity contribution < 1.29 is 0 Å². The zero-order valence-corrected chi connectivity index (χ0v) is 11.5. The number of likely N-dealkylation sites (N-methyl/N-ethyl adjacent to an activating group) is 1. The summed E-state index contributed by atoms with van der Waals surface area (Å²) in [5.74, 6) is 0. The zero-order valence-electron chi connectivity index (χ0n) is 11.5. The minimum Gasteiger partial charge on any atom is -0.324 e. The SMILES string of the molecule is CCC(N)(CC)CN(C)C1CCN(C)CC1. The molecule has 0 amide bonds. The van der Waals surface area contributed by atoms with Crippen LogP contribution in [0.3, 0.4) is 0 Å². The second kappa shape index (κ2) is 5.99. The second-order valence-corrected chi connectivity index (χ2v) is 5.52. The van der Waals surface area contributed by atoms with Crippen LogP contribution in [0.1, 0.15) is 39.5 Å². The number of hydrogen-bond acceptors (Lipinski definition) is 3. The minimum absolute atomic E-state index is 0.0120. The molecule has 3 heteroatoms. The first kappa shape index (κ1) is 13.9. The normalized spacial score (nSPS) is 20.6. The molecule has 96 valence electrons. The lowest BCUT2D eigenvalue weighted by Gasteiger charge is -2.39. The largest absolute Gasteiger partial charge is 0.324 e. The molecule has 0 saturated carbocycles. The van der Waals surface area contributed by atoms with Gasteiger partial charge in [-0.15, -0.1) is 0 Å². The highest BCUT2D eigenvalue weighted by molar-refractivity contribution is 4.87. The summed E-state index contributed by atoms with van der Waals surface area (Å²) in [5.41, 5.74) is 6.39. The van der Waals surface area contributed by atoms with Crippen molar-refractivity contribution in [2.75, 3.05) is 33.7 Å². The van der Waals surface area contributed by atoms with Crippen LogP contribution in [0, 0.1) is 0 Å². The molecule has 2 N–H and O–H groups in total. The summed E-state index contributed by atoms with van der Waals surface area (Å²) in [5, 5.41) is 0. The van der Waals surface area contributed by atoms with E-state index in [1.165, 1.54) is 25.9 Å². The summed E-state index contributed by atoms with van der Waals surface area (Å²) in [7, 11) is 4.45. The Morgan fingerprint density at radius 3 is 2.19 bits per heavy atom. The van der Waals surface area contributed by atoms with Gasteiger partial charge in [0.05, 0.1) is 0 Å². The molecular weight excluding hydrogens is 198 g/mol. The van der Waals surface area contributed by atoms with Gasteiger partial charge in [0.1, 0.15) is 0 Å². The monoisotopic (exact) mass is 227 g/mol. The number of nitrogens with zero attached hydrogens (tertiary/aromatic N) is 2. The second-order valence-electron chi connectivity index (χ2n) is 5.52. The van der Waals surface area contributed by atoms with Crippen molar-refractivity contribution in [3.05, 3.63) is 0 Å². The molecule has 0 spiro atoms. The molecular formula is C13H29N3. The van der Waals surface area contributed by atoms with Crippen molar-refractivity contribution in [3.63, 3.8) is 0 Å². The first-order valence-corrected chi connectivity index (χ1v) is 6.68. The topological polar surface area (TPSA) is 32.5 Å². The molecule has 0 radical (unpaired) electrons. The van der Waals surface area contributed by atoms with E-state index in [-0.39, 0.29) is 5.54 Å². The van der Waals surface area contributed by atoms with Gasteiger partial charge in [-0.05, 0) is 52.9 Å². The fraction of sp³-hybridized carbons (Fsp3) is 1.00. The number of piperidine rings is 1. The van der Waals surface area contributed by atoms with Gasteiger partial charge in [-0.1, -0.05) is 13.8 Å². The summed E-state index contributed by atoms with van der Waals surface area (Å²) in [4.78, 5) is 4.90. The summed E-state index contributed by atoms with van der Waals surface area (Å²) < 4.78 is 0. The van der Waals surface area contributed by atoms with Crippen LogP contribution in [0.25, 0.3) is 0 Å². The number of rotatable bonds is 5. The van der Waals surface area contributed by atoms with E-state index in [0.717, 1.165) is 25.4 Å². The fourth-order valence-corrected chi connectivity index (χ4v) is 2.54. The quantitative estimate of drug-likeness (QED) is 0.773. The van der Waals surface area contributed by atoms with Gasteiger partial charge in [-0.2, -0.15) is 0 Å². The zero-order chi connectivity index (χ0) is 12.2. The Morgan fingerprint density at radius 1 is 1.25 bits per heavy atom. The molecule has 1 aliphatic heterocycles. The molecule has 0 unspecified atom stereocenters. The fourth-order valence-electron chi connectivity index (χ4n) is 2.54. The van der Waals surface area contributed by atoms with Gasteiger partial charge in [0.2, 0.25) is 0 Å². The maximum Gasteiger partial charge on any atom is 0.0278 e. The van der Waals surface area contributed by atoms with Crippen LogP contribution < -0.4 is 5.73 Å². The van der Waals surface area contributed by atoms with Gasteiger partial charge >= 0.3 is 0 Å². The Hall–Kier alpha value is -0.120. The molecule has 16 heavy (non-hydrogen) atoms. The van der Waals surface area contributed by atoms with Crippen molar-refractivity contribution in [1.29, 1.82) is 0 Å². The molecule has 0 aromatic rings. The third kappa shape index (κ3) is 3.72. The summed E-state index contributed by atoms with van der Waals surface area (Å²) >= 11 is 0. The first-order chi connectivity index (χ1) is 7.50. The smallest absolute Gasteiger partial charge is 0.0278 e. The lowest BCUT2D eigenvalue weighted by molar-refractivity contribution is 0.118.